The predicted molar refractivity (Wildman–Crippen MR) is 136 cm³/mol. The standard InChI is InChI=1S/C28H28N2O7/c1-35-28(34)30-16-4-5-20(30)18-36-21-12-14-23(15-13-21)37-22-10-8-19(9-11-22)17-26(31)29-25-7-3-2-6-24(25)27(32)33/h2-3,6-15,20H,4-5,16-18H2,1H3,(H,29,31)(H,32,33)/t20-/m1/s1. The van der Waals surface area contributed by atoms with Crippen molar-refractivity contribution in [2.45, 2.75) is 25.3 Å². The number of nitrogens with zero attached hydrogens (tertiary/aromatic N) is 1. The van der Waals surface area contributed by atoms with E-state index in [0.29, 0.717) is 30.4 Å². The van der Waals surface area contributed by atoms with Gasteiger partial charge in [0.15, 0.2) is 0 Å². The highest BCUT2D eigenvalue weighted by Crippen LogP contribution is 2.26. The molecule has 0 aliphatic carbocycles. The summed E-state index contributed by atoms with van der Waals surface area (Å²) in [6, 6.07) is 20.6. The van der Waals surface area contributed by atoms with Crippen LogP contribution in [-0.2, 0) is 16.0 Å². The molecule has 3 aromatic rings. The summed E-state index contributed by atoms with van der Waals surface area (Å²) in [6.07, 6.45) is 1.57. The average molecular weight is 505 g/mol. The lowest BCUT2D eigenvalue weighted by Gasteiger charge is -2.23. The summed E-state index contributed by atoms with van der Waals surface area (Å²) in [5.41, 5.74) is 1.06. The van der Waals surface area contributed by atoms with Crippen molar-refractivity contribution in [1.82, 2.24) is 4.90 Å². The van der Waals surface area contributed by atoms with Gasteiger partial charge in [0.05, 0.1) is 30.8 Å². The second-order valence-electron chi connectivity index (χ2n) is 8.56. The Labute approximate surface area is 214 Å². The van der Waals surface area contributed by atoms with Crippen molar-refractivity contribution in [1.29, 1.82) is 0 Å². The number of methoxy groups -OCH3 is 1. The topological polar surface area (TPSA) is 114 Å². The van der Waals surface area contributed by atoms with Crippen LogP contribution in [-0.4, -0.2) is 54.3 Å². The van der Waals surface area contributed by atoms with Crippen molar-refractivity contribution in [3.63, 3.8) is 0 Å². The molecule has 1 aliphatic heterocycles. The molecule has 0 saturated carbocycles. The quantitative estimate of drug-likeness (QED) is 0.423. The molecule has 4 rings (SSSR count). The summed E-state index contributed by atoms with van der Waals surface area (Å²) >= 11 is 0. The van der Waals surface area contributed by atoms with Crippen molar-refractivity contribution in [3.8, 4) is 17.2 Å². The Balaban J connectivity index is 1.27. The lowest BCUT2D eigenvalue weighted by Crippen LogP contribution is -2.38. The van der Waals surface area contributed by atoms with Gasteiger partial charge in [-0.25, -0.2) is 9.59 Å². The van der Waals surface area contributed by atoms with Crippen LogP contribution in [0.15, 0.2) is 72.8 Å². The molecule has 37 heavy (non-hydrogen) atoms. The minimum atomic E-state index is -1.10. The first-order valence-corrected chi connectivity index (χ1v) is 11.9. The van der Waals surface area contributed by atoms with Gasteiger partial charge in [0.25, 0.3) is 0 Å². The number of ether oxygens (including phenoxy) is 3. The lowest BCUT2D eigenvalue weighted by molar-refractivity contribution is -0.115. The molecule has 0 aromatic heterocycles. The molecule has 1 atom stereocenters. The molecule has 9 heteroatoms. The smallest absolute Gasteiger partial charge is 0.409 e. The zero-order chi connectivity index (χ0) is 26.2. The van der Waals surface area contributed by atoms with Gasteiger partial charge in [0.2, 0.25) is 5.91 Å². The largest absolute Gasteiger partial charge is 0.491 e. The number of benzene rings is 3. The Bertz CT molecular complexity index is 1240. The minimum Gasteiger partial charge on any atom is -0.491 e. The molecule has 0 bridgehead atoms. The summed E-state index contributed by atoms with van der Waals surface area (Å²) in [6.45, 7) is 1.07. The van der Waals surface area contributed by atoms with Crippen molar-refractivity contribution in [2.24, 2.45) is 0 Å². The van der Waals surface area contributed by atoms with Gasteiger partial charge in [-0.1, -0.05) is 24.3 Å². The van der Waals surface area contributed by atoms with E-state index in [-0.39, 0.29) is 35.7 Å². The molecular formula is C28H28N2O7. The van der Waals surface area contributed by atoms with Crippen molar-refractivity contribution >= 4 is 23.7 Å². The van der Waals surface area contributed by atoms with Gasteiger partial charge in [0.1, 0.15) is 23.9 Å². The number of carbonyl (C=O) groups excluding carboxylic acids is 2. The molecule has 0 radical (unpaired) electrons. The number of amides is 2. The highest BCUT2D eigenvalue weighted by molar-refractivity contribution is 6.01. The van der Waals surface area contributed by atoms with E-state index in [1.807, 2.05) is 0 Å². The van der Waals surface area contributed by atoms with Crippen LogP contribution in [0.2, 0.25) is 0 Å². The molecule has 192 valence electrons. The van der Waals surface area contributed by atoms with Gasteiger partial charge < -0.3 is 29.5 Å². The van der Waals surface area contributed by atoms with Crippen LogP contribution in [0, 0.1) is 0 Å². The number of hydrogen-bond donors (Lipinski definition) is 2. The van der Waals surface area contributed by atoms with Crippen LogP contribution in [0.4, 0.5) is 10.5 Å². The monoisotopic (exact) mass is 504 g/mol. The van der Waals surface area contributed by atoms with Crippen LogP contribution in [0.5, 0.6) is 17.2 Å². The van der Waals surface area contributed by atoms with Gasteiger partial charge in [-0.3, -0.25) is 4.79 Å². The van der Waals surface area contributed by atoms with E-state index >= 15 is 0 Å². The second kappa shape index (κ2) is 11.9. The third-order valence-electron chi connectivity index (χ3n) is 6.01. The highest BCUT2D eigenvalue weighted by atomic mass is 16.5. The summed E-state index contributed by atoms with van der Waals surface area (Å²) in [4.78, 5) is 37.2. The Hall–Kier alpha value is -4.53. The maximum Gasteiger partial charge on any atom is 0.409 e. The first kappa shape index (κ1) is 25.6. The van der Waals surface area contributed by atoms with Crippen molar-refractivity contribution < 1.29 is 33.7 Å². The number of carboxylic acids is 1. The number of carboxylic acid groups (broad SMARTS) is 1. The van der Waals surface area contributed by atoms with E-state index in [1.54, 1.807) is 71.6 Å². The fourth-order valence-electron chi connectivity index (χ4n) is 4.13. The summed E-state index contributed by atoms with van der Waals surface area (Å²) in [7, 11) is 1.38. The Morgan fingerprint density at radius 3 is 2.27 bits per heavy atom. The van der Waals surface area contributed by atoms with Crippen LogP contribution in [0.3, 0.4) is 0 Å². The zero-order valence-electron chi connectivity index (χ0n) is 20.4. The number of aromatic carboxylic acids is 1. The van der Waals surface area contributed by atoms with E-state index in [1.165, 1.54) is 13.2 Å². The number of carbonyl (C=O) groups is 3. The van der Waals surface area contributed by atoms with Crippen molar-refractivity contribution in [2.75, 3.05) is 25.6 Å². The Morgan fingerprint density at radius 1 is 0.946 bits per heavy atom. The molecule has 0 spiro atoms. The molecule has 1 heterocycles. The fourth-order valence-corrected chi connectivity index (χ4v) is 4.13. The zero-order valence-corrected chi connectivity index (χ0v) is 20.4. The molecular weight excluding hydrogens is 476 g/mol. The van der Waals surface area contributed by atoms with Crippen LogP contribution in [0.25, 0.3) is 0 Å². The SMILES string of the molecule is COC(=O)N1CCC[C@@H]1COc1ccc(Oc2ccc(CC(=O)Nc3ccccc3C(=O)O)cc2)cc1. The summed E-state index contributed by atoms with van der Waals surface area (Å²) in [5.74, 6) is 0.491. The number of anilines is 1. The number of para-hydroxylation sites is 1. The van der Waals surface area contributed by atoms with Crippen LogP contribution < -0.4 is 14.8 Å². The molecule has 2 N–H and O–H groups in total. The predicted octanol–water partition coefficient (Wildman–Crippen LogP) is 4.97. The first-order valence-electron chi connectivity index (χ1n) is 11.9. The van der Waals surface area contributed by atoms with E-state index in [0.717, 1.165) is 18.4 Å². The normalized spacial score (nSPS) is 14.6. The summed E-state index contributed by atoms with van der Waals surface area (Å²) in [5, 5.41) is 11.9. The molecule has 1 fully saturated rings. The maximum atomic E-state index is 12.4. The molecule has 9 nitrogen and oxygen atoms in total. The number of hydrogen-bond acceptors (Lipinski definition) is 6. The number of nitrogens with one attached hydrogen (secondary N) is 1. The third kappa shape index (κ3) is 6.78. The van der Waals surface area contributed by atoms with Gasteiger partial charge in [0, 0.05) is 6.54 Å². The maximum absolute atomic E-state index is 12.4. The molecule has 2 amide bonds. The molecule has 0 unspecified atom stereocenters. The summed E-state index contributed by atoms with van der Waals surface area (Å²) < 4.78 is 16.6. The highest BCUT2D eigenvalue weighted by Gasteiger charge is 2.29. The van der Waals surface area contributed by atoms with Gasteiger partial charge >= 0.3 is 12.1 Å². The van der Waals surface area contributed by atoms with Gasteiger partial charge in [-0.15, -0.1) is 0 Å². The lowest BCUT2D eigenvalue weighted by atomic mass is 10.1. The molecule has 3 aromatic carbocycles. The average Bonchev–Trinajstić information content (AvgIpc) is 3.38. The van der Waals surface area contributed by atoms with E-state index in [4.69, 9.17) is 14.2 Å². The van der Waals surface area contributed by atoms with E-state index in [2.05, 4.69) is 5.32 Å². The van der Waals surface area contributed by atoms with Crippen LogP contribution in [0.1, 0.15) is 28.8 Å². The first-order chi connectivity index (χ1) is 17.9. The minimum absolute atomic E-state index is 0.00381. The second-order valence-corrected chi connectivity index (χ2v) is 8.56. The van der Waals surface area contributed by atoms with Crippen molar-refractivity contribution in [3.05, 3.63) is 83.9 Å². The Kier molecular flexibility index (Phi) is 8.25. The molecule has 1 aliphatic rings. The van der Waals surface area contributed by atoms with Gasteiger partial charge in [-0.05, 0) is 66.9 Å². The third-order valence-corrected chi connectivity index (χ3v) is 6.01. The molecule has 1 saturated heterocycles. The number of rotatable bonds is 9. The number of likely N-dealkylation sites (tertiary alicyclic amines) is 1. The van der Waals surface area contributed by atoms with Gasteiger partial charge in [-0.2, -0.15) is 0 Å². The Morgan fingerprint density at radius 2 is 1.59 bits per heavy atom. The fraction of sp³-hybridized carbons (Fsp3) is 0.250. The van der Waals surface area contributed by atoms with E-state index < -0.39 is 5.97 Å². The van der Waals surface area contributed by atoms with Crippen LogP contribution >= 0.6 is 0 Å². The van der Waals surface area contributed by atoms with E-state index in [9.17, 15) is 19.5 Å².